The summed E-state index contributed by atoms with van der Waals surface area (Å²) in [5.41, 5.74) is 0. The molecule has 7 aliphatic rings. The summed E-state index contributed by atoms with van der Waals surface area (Å²) >= 11 is -1.11. The molecule has 0 spiro atoms. The fourth-order valence-electron chi connectivity index (χ4n) is 11.7. The van der Waals surface area contributed by atoms with E-state index >= 15 is 0 Å². The van der Waals surface area contributed by atoms with Crippen LogP contribution in [0.2, 0.25) is 0 Å². The van der Waals surface area contributed by atoms with Gasteiger partial charge in [0, 0.05) is 0 Å². The van der Waals surface area contributed by atoms with Crippen molar-refractivity contribution < 1.29 is 121 Å². The van der Waals surface area contributed by atoms with Crippen LogP contribution in [0.3, 0.4) is 0 Å². The Bertz CT molecular complexity index is 869. The van der Waals surface area contributed by atoms with E-state index < -0.39 is 34.1 Å². The van der Waals surface area contributed by atoms with Gasteiger partial charge < -0.3 is 122 Å². The van der Waals surface area contributed by atoms with Crippen molar-refractivity contribution >= 4 is 37.2 Å². The quantitative estimate of drug-likeness (QED) is 0.0675. The summed E-state index contributed by atoms with van der Waals surface area (Å²) in [5.74, 6) is 4.36. The maximum Gasteiger partial charge on any atom is -1.00 e. The summed E-state index contributed by atoms with van der Waals surface area (Å²) in [5, 5.41) is 3.57. The van der Waals surface area contributed by atoms with E-state index in [2.05, 4.69) is 19.3 Å². The van der Waals surface area contributed by atoms with Gasteiger partial charge in [0.25, 0.3) is 0 Å². The molecule has 0 bridgehead atoms. The second kappa shape index (κ2) is 62.3. The Morgan fingerprint density at radius 1 is 0.441 bits per heavy atom. The molecule has 14 heteroatoms. The maximum atomic E-state index is 4.89. The first-order valence-corrected chi connectivity index (χ1v) is 35.2. The zero-order valence-electron chi connectivity index (χ0n) is 45.4. The summed E-state index contributed by atoms with van der Waals surface area (Å²) < 4.78 is 1.39. The first kappa shape index (κ1) is 86.4. The third-order valence-corrected chi connectivity index (χ3v) is 15.7. The zero-order chi connectivity index (χ0) is 43.2. The number of nitrogens with zero attached hydrogens (tertiary/aromatic N) is 1. The fraction of sp³-hybridized carbons (Fsp3) is 0.926. The van der Waals surface area contributed by atoms with Gasteiger partial charge in [0.15, 0.2) is 0 Å². The van der Waals surface area contributed by atoms with Crippen LogP contribution in [0.5, 0.6) is 0 Å². The number of piperidine rings is 3. The minimum absolute atomic E-state index is 0. The zero-order valence-corrected chi connectivity index (χ0v) is 57.4. The average molecular weight is 1380 g/mol. The smallest absolute Gasteiger partial charge is 1.00 e. The van der Waals surface area contributed by atoms with E-state index in [-0.39, 0.29) is 102 Å². The minimum atomic E-state index is -0.556. The Morgan fingerprint density at radius 2 is 0.765 bits per heavy atom. The third-order valence-electron chi connectivity index (χ3n) is 15.7. The maximum absolute atomic E-state index is 4.89. The Kier molecular flexibility index (Phi) is 79.1. The first-order valence-electron chi connectivity index (χ1n) is 26.6. The normalized spacial score (nSPS) is 20.1. The number of hydrogen-bond donors (Lipinski definition) is 3. The van der Waals surface area contributed by atoms with Gasteiger partial charge in [0.2, 0.25) is 0 Å². The molecule has 4 aliphatic carbocycles. The fourth-order valence-corrected chi connectivity index (χ4v) is 11.7. The van der Waals surface area contributed by atoms with Crippen LogP contribution in [0.4, 0.5) is 0 Å². The van der Waals surface area contributed by atoms with Gasteiger partial charge in [-0.25, -0.2) is 0 Å². The number of hydrogen-bond acceptors (Lipinski definition) is 1. The molecule has 7 rings (SSSR count). The van der Waals surface area contributed by atoms with E-state index in [9.17, 15) is 0 Å². The molecule has 3 N–H and O–H groups in total. The van der Waals surface area contributed by atoms with Crippen LogP contribution < -0.4 is 87.9 Å². The number of nitrogens with one attached hydrogen (secondary N) is 3. The van der Waals surface area contributed by atoms with Crippen molar-refractivity contribution in [3.05, 3.63) is 29.7 Å². The molecule has 3 heterocycles. The number of unbranched alkanes of at least 4 members (excludes halogenated alkanes) is 3. The minimum Gasteiger partial charge on any atom is -1.00 e. The van der Waals surface area contributed by atoms with Gasteiger partial charge in [-0.3, -0.25) is 0 Å². The van der Waals surface area contributed by atoms with E-state index in [0.717, 1.165) is 23.7 Å². The van der Waals surface area contributed by atoms with Gasteiger partial charge in [0.05, 0.1) is 66.0 Å². The molecule has 68 heavy (non-hydrogen) atoms. The molecule has 0 unspecified atom stereocenters. The monoisotopic (exact) mass is 1380 g/mol. The Hall–Kier alpha value is 4.47. The third kappa shape index (κ3) is 48.8. The first-order chi connectivity index (χ1) is 29.4. The van der Waals surface area contributed by atoms with Crippen molar-refractivity contribution in [2.45, 2.75) is 219 Å². The molecule has 0 atom stereocenters. The molecule has 3 saturated heterocycles. The number of rotatable bonds is 17. The summed E-state index contributed by atoms with van der Waals surface area (Å²) in [6.45, 7) is 18.0. The number of likely N-dealkylation sites (tertiary alicyclic amines) is 3. The molecule has 0 aromatic carbocycles. The van der Waals surface area contributed by atoms with Crippen LogP contribution in [-0.4, -0.2) is 83.5 Å². The SMILES string of the molecule is C1CC[NH+](CCC2CCCC2)CC1.C1CC[NH+](CCC2CCCC2)CC1.CCCCCCNCCC1CCCC1.C[N+]1(CCC2CCCC2)CCCCC1.[CH3-].[CH3-].[CH3-].[CH3-].[Cl-].[Cl-].[Cl][Ti][Cl].[Cl][Ti][Cl].[I-].[I-]. The molecule has 0 aromatic rings. The van der Waals surface area contributed by atoms with Crippen LogP contribution >= 0.6 is 37.2 Å². The second-order valence-corrected chi connectivity index (χ2v) is 25.8. The summed E-state index contributed by atoms with van der Waals surface area (Å²) in [6, 6.07) is 0. The van der Waals surface area contributed by atoms with Crippen molar-refractivity contribution in [3.63, 3.8) is 0 Å². The number of halogens is 8. The van der Waals surface area contributed by atoms with Gasteiger partial charge in [-0.1, -0.05) is 129 Å². The Morgan fingerprint density at radius 3 is 1.12 bits per heavy atom. The summed E-state index contributed by atoms with van der Waals surface area (Å²) in [6.07, 6.45) is 49.1. The van der Waals surface area contributed by atoms with Gasteiger partial charge >= 0.3 is 71.3 Å². The van der Waals surface area contributed by atoms with Crippen LogP contribution in [0.1, 0.15) is 219 Å². The van der Waals surface area contributed by atoms with Crippen molar-refractivity contribution in [3.8, 4) is 0 Å². The van der Waals surface area contributed by atoms with Crippen LogP contribution in [0, 0.1) is 53.4 Å². The van der Waals surface area contributed by atoms with Crippen LogP contribution in [0.15, 0.2) is 0 Å². The Balaban J connectivity index is -0.000000135. The second-order valence-electron chi connectivity index (χ2n) is 20.7. The van der Waals surface area contributed by atoms with Gasteiger partial charge in [-0.05, 0) is 127 Å². The molecule has 0 amide bonds. The van der Waals surface area contributed by atoms with Crippen LogP contribution in [0.25, 0.3) is 0 Å². The topological polar surface area (TPSA) is 20.9 Å². The largest absolute Gasteiger partial charge is 1.00 e. The summed E-state index contributed by atoms with van der Waals surface area (Å²) in [7, 11) is 22.0. The molecular formula is C54H113Cl6I2N4Ti2-5. The molecular weight excluding hydrogens is 1270 g/mol. The van der Waals surface area contributed by atoms with Crippen molar-refractivity contribution in [1.82, 2.24) is 5.32 Å². The molecule has 4 nitrogen and oxygen atoms in total. The predicted octanol–water partition coefficient (Wildman–Crippen LogP) is 2.77. The molecule has 0 aromatic heterocycles. The van der Waals surface area contributed by atoms with E-state index in [1.54, 1.807) is 0 Å². The van der Waals surface area contributed by atoms with E-state index in [0.29, 0.717) is 0 Å². The van der Waals surface area contributed by atoms with Gasteiger partial charge in [-0.2, -0.15) is 0 Å². The van der Waals surface area contributed by atoms with E-state index in [1.165, 1.54) is 288 Å². The molecule has 3 aliphatic heterocycles. The van der Waals surface area contributed by atoms with Crippen molar-refractivity contribution in [2.24, 2.45) is 23.7 Å². The van der Waals surface area contributed by atoms with Crippen molar-refractivity contribution in [1.29, 1.82) is 0 Å². The molecule has 4 saturated carbocycles. The van der Waals surface area contributed by atoms with Gasteiger partial charge in [0.1, 0.15) is 0 Å². The van der Waals surface area contributed by atoms with Crippen molar-refractivity contribution in [2.75, 3.05) is 79.0 Å². The summed E-state index contributed by atoms with van der Waals surface area (Å²) in [4.78, 5) is 3.80. The molecule has 0 radical (unpaired) electrons. The molecule has 418 valence electrons. The predicted molar refractivity (Wildman–Crippen MR) is 286 cm³/mol. The number of quaternary nitrogens is 3. The average Bonchev–Trinajstić information content (AvgIpc) is 4.14. The van der Waals surface area contributed by atoms with E-state index in [4.69, 9.17) is 37.2 Å². The standard InChI is InChI=1S/C13H26N.C13H27N.2C12H23N.4CH3.6ClH.2HI.2Ti/c1-14(10-5-2-6-11-14)12-9-13-7-3-4-8-13;1-2-3-4-7-11-14-12-10-13-8-5-6-9-13;2*1-4-9-13(10-5-1)11-8-12-6-2-3-7-12;;;;;;;;;;;;;;/h13H,2-12H2,1H3;13-14H,2-12H2,1H3;2*12H,1-11H2;4*1H3;8*1H;;/q+1;;;;4*-1;;;;;;;;;2*+2/p-6. The molecule has 7 fully saturated rings. The van der Waals surface area contributed by atoms with Crippen LogP contribution in [-0.2, 0) is 34.1 Å². The Labute approximate surface area is 509 Å². The van der Waals surface area contributed by atoms with Gasteiger partial charge in [-0.15, -0.1) is 0 Å². The van der Waals surface area contributed by atoms with E-state index in [1.807, 2.05) is 9.80 Å².